The quantitative estimate of drug-likeness (QED) is 0.788. The van der Waals surface area contributed by atoms with Crippen molar-refractivity contribution in [2.24, 2.45) is 11.7 Å². The standard InChI is InChI=1S/C15H24BrClN2/c1-4-19(10-11(2)3)8-7-15(18)13-6-5-12(16)9-14(13)17/h5-6,9,11,15H,4,7-8,10,18H2,1-3H3. The van der Waals surface area contributed by atoms with Gasteiger partial charge in [0.25, 0.3) is 0 Å². The summed E-state index contributed by atoms with van der Waals surface area (Å²) in [6.45, 7) is 9.89. The molecule has 0 saturated heterocycles. The Labute approximate surface area is 130 Å². The summed E-state index contributed by atoms with van der Waals surface area (Å²) in [6, 6.07) is 5.91. The van der Waals surface area contributed by atoms with Crippen molar-refractivity contribution in [3.05, 3.63) is 33.3 Å². The zero-order valence-corrected chi connectivity index (χ0v) is 14.3. The van der Waals surface area contributed by atoms with Gasteiger partial charge in [0.15, 0.2) is 0 Å². The van der Waals surface area contributed by atoms with Gasteiger partial charge in [-0.2, -0.15) is 0 Å². The van der Waals surface area contributed by atoms with Crippen molar-refractivity contribution in [3.63, 3.8) is 0 Å². The minimum absolute atomic E-state index is 0.00168. The van der Waals surface area contributed by atoms with E-state index in [0.717, 1.165) is 41.1 Å². The predicted molar refractivity (Wildman–Crippen MR) is 87.6 cm³/mol. The highest BCUT2D eigenvalue weighted by atomic mass is 79.9. The lowest BCUT2D eigenvalue weighted by molar-refractivity contribution is 0.247. The molecule has 0 heterocycles. The van der Waals surface area contributed by atoms with Gasteiger partial charge in [-0.25, -0.2) is 0 Å². The van der Waals surface area contributed by atoms with Crippen LogP contribution in [0.25, 0.3) is 0 Å². The molecule has 1 aromatic rings. The number of nitrogens with zero attached hydrogens (tertiary/aromatic N) is 1. The lowest BCUT2D eigenvalue weighted by Gasteiger charge is -2.24. The van der Waals surface area contributed by atoms with Crippen molar-refractivity contribution >= 4 is 27.5 Å². The maximum atomic E-state index is 6.25. The van der Waals surface area contributed by atoms with Gasteiger partial charge < -0.3 is 10.6 Å². The minimum atomic E-state index is 0.00168. The van der Waals surface area contributed by atoms with E-state index in [1.807, 2.05) is 18.2 Å². The Morgan fingerprint density at radius 2 is 2.05 bits per heavy atom. The van der Waals surface area contributed by atoms with Gasteiger partial charge in [0.2, 0.25) is 0 Å². The van der Waals surface area contributed by atoms with Crippen LogP contribution in [-0.2, 0) is 0 Å². The van der Waals surface area contributed by atoms with Gasteiger partial charge in [-0.15, -0.1) is 0 Å². The van der Waals surface area contributed by atoms with Crippen LogP contribution in [0.4, 0.5) is 0 Å². The molecule has 0 aliphatic carbocycles. The predicted octanol–water partition coefficient (Wildman–Crippen LogP) is 4.47. The first kappa shape index (κ1) is 17.0. The largest absolute Gasteiger partial charge is 0.324 e. The Hall–Kier alpha value is -0.0900. The normalized spacial score (nSPS) is 13.3. The molecule has 1 aromatic carbocycles. The van der Waals surface area contributed by atoms with Crippen LogP contribution < -0.4 is 5.73 Å². The molecule has 0 bridgehead atoms. The van der Waals surface area contributed by atoms with Crippen LogP contribution in [0.5, 0.6) is 0 Å². The summed E-state index contributed by atoms with van der Waals surface area (Å²) < 4.78 is 0.989. The van der Waals surface area contributed by atoms with Gasteiger partial charge in [0.05, 0.1) is 0 Å². The lowest BCUT2D eigenvalue weighted by Crippen LogP contribution is -2.30. The topological polar surface area (TPSA) is 29.3 Å². The molecule has 0 aliphatic rings. The third-order valence-corrected chi connectivity index (χ3v) is 4.01. The molecule has 0 aliphatic heterocycles. The molecule has 2 nitrogen and oxygen atoms in total. The Kier molecular flexibility index (Phi) is 7.37. The van der Waals surface area contributed by atoms with Crippen LogP contribution in [-0.4, -0.2) is 24.5 Å². The number of nitrogens with two attached hydrogens (primary N) is 1. The van der Waals surface area contributed by atoms with Gasteiger partial charge in [0, 0.05) is 22.1 Å². The van der Waals surface area contributed by atoms with E-state index < -0.39 is 0 Å². The summed E-state index contributed by atoms with van der Waals surface area (Å²) in [4.78, 5) is 2.44. The van der Waals surface area contributed by atoms with E-state index in [4.69, 9.17) is 17.3 Å². The second kappa shape index (κ2) is 8.25. The van der Waals surface area contributed by atoms with Crippen LogP contribution in [0.15, 0.2) is 22.7 Å². The lowest BCUT2D eigenvalue weighted by atomic mass is 10.0. The number of hydrogen-bond acceptors (Lipinski definition) is 2. The highest BCUT2D eigenvalue weighted by Gasteiger charge is 2.13. The molecule has 1 rings (SSSR count). The zero-order chi connectivity index (χ0) is 14.4. The number of halogens is 2. The number of rotatable bonds is 7. The summed E-state index contributed by atoms with van der Waals surface area (Å²) >= 11 is 9.65. The molecule has 19 heavy (non-hydrogen) atoms. The van der Waals surface area contributed by atoms with Crippen LogP contribution >= 0.6 is 27.5 Å². The highest BCUT2D eigenvalue weighted by molar-refractivity contribution is 9.10. The molecule has 108 valence electrons. The molecular weight excluding hydrogens is 324 g/mol. The average molecular weight is 348 g/mol. The second-order valence-electron chi connectivity index (χ2n) is 5.35. The van der Waals surface area contributed by atoms with E-state index in [9.17, 15) is 0 Å². The Bertz CT molecular complexity index is 396. The van der Waals surface area contributed by atoms with Gasteiger partial charge in [0.1, 0.15) is 0 Å². The van der Waals surface area contributed by atoms with Crippen molar-refractivity contribution in [3.8, 4) is 0 Å². The van der Waals surface area contributed by atoms with Crippen molar-refractivity contribution in [1.82, 2.24) is 4.90 Å². The van der Waals surface area contributed by atoms with Gasteiger partial charge in [-0.05, 0) is 43.1 Å². The van der Waals surface area contributed by atoms with E-state index in [1.165, 1.54) is 0 Å². The first-order valence-corrected chi connectivity index (χ1v) is 8.04. The third kappa shape index (κ3) is 5.82. The first-order chi connectivity index (χ1) is 8.93. The highest BCUT2D eigenvalue weighted by Crippen LogP contribution is 2.27. The smallest absolute Gasteiger partial charge is 0.0464 e. The monoisotopic (exact) mass is 346 g/mol. The van der Waals surface area contributed by atoms with Gasteiger partial charge >= 0.3 is 0 Å². The van der Waals surface area contributed by atoms with Gasteiger partial charge in [-0.3, -0.25) is 0 Å². The van der Waals surface area contributed by atoms with E-state index in [0.29, 0.717) is 5.92 Å². The van der Waals surface area contributed by atoms with E-state index >= 15 is 0 Å². The van der Waals surface area contributed by atoms with Crippen LogP contribution in [0.3, 0.4) is 0 Å². The Morgan fingerprint density at radius 3 is 2.58 bits per heavy atom. The van der Waals surface area contributed by atoms with Crippen molar-refractivity contribution in [2.45, 2.75) is 33.2 Å². The molecule has 0 amide bonds. The molecule has 2 N–H and O–H groups in total. The summed E-state index contributed by atoms with van der Waals surface area (Å²) in [5, 5.41) is 0.744. The van der Waals surface area contributed by atoms with Crippen LogP contribution in [0, 0.1) is 5.92 Å². The van der Waals surface area contributed by atoms with Crippen LogP contribution in [0.1, 0.15) is 38.8 Å². The third-order valence-electron chi connectivity index (χ3n) is 3.19. The van der Waals surface area contributed by atoms with Crippen molar-refractivity contribution in [1.29, 1.82) is 0 Å². The van der Waals surface area contributed by atoms with E-state index in [-0.39, 0.29) is 6.04 Å². The summed E-state index contributed by atoms with van der Waals surface area (Å²) in [5.74, 6) is 0.687. The summed E-state index contributed by atoms with van der Waals surface area (Å²) in [5.41, 5.74) is 7.29. The fourth-order valence-electron chi connectivity index (χ4n) is 2.17. The maximum Gasteiger partial charge on any atom is 0.0464 e. The summed E-state index contributed by atoms with van der Waals surface area (Å²) in [6.07, 6.45) is 0.932. The zero-order valence-electron chi connectivity index (χ0n) is 12.0. The fraction of sp³-hybridized carbons (Fsp3) is 0.600. The van der Waals surface area contributed by atoms with Crippen molar-refractivity contribution < 1.29 is 0 Å². The second-order valence-corrected chi connectivity index (χ2v) is 6.67. The maximum absolute atomic E-state index is 6.25. The molecule has 0 spiro atoms. The van der Waals surface area contributed by atoms with Crippen molar-refractivity contribution in [2.75, 3.05) is 19.6 Å². The molecule has 0 aromatic heterocycles. The molecule has 0 saturated carbocycles. The average Bonchev–Trinajstić information content (AvgIpc) is 2.33. The molecule has 1 atom stereocenters. The minimum Gasteiger partial charge on any atom is -0.324 e. The number of hydrogen-bond donors (Lipinski definition) is 1. The molecule has 0 radical (unpaired) electrons. The SMILES string of the molecule is CCN(CCC(N)c1ccc(Br)cc1Cl)CC(C)C. The molecule has 0 fully saturated rings. The number of benzene rings is 1. The molecule has 4 heteroatoms. The Morgan fingerprint density at radius 1 is 1.37 bits per heavy atom. The summed E-state index contributed by atoms with van der Waals surface area (Å²) in [7, 11) is 0. The van der Waals surface area contributed by atoms with E-state index in [1.54, 1.807) is 0 Å². The fourth-order valence-corrected chi connectivity index (χ4v) is 2.99. The van der Waals surface area contributed by atoms with Gasteiger partial charge in [-0.1, -0.05) is 54.4 Å². The van der Waals surface area contributed by atoms with E-state index in [2.05, 4.69) is 41.6 Å². The molecular formula is C15H24BrClN2. The first-order valence-electron chi connectivity index (χ1n) is 6.86. The Balaban J connectivity index is 2.56. The molecule has 1 unspecified atom stereocenters. The van der Waals surface area contributed by atoms with Crippen LogP contribution in [0.2, 0.25) is 5.02 Å².